The van der Waals surface area contributed by atoms with Crippen molar-refractivity contribution in [3.63, 3.8) is 0 Å². The number of nitrogens with zero attached hydrogens (tertiary/aromatic N) is 6. The topological polar surface area (TPSA) is 99.2 Å². The van der Waals surface area contributed by atoms with Crippen LogP contribution in [0.25, 0.3) is 5.78 Å². The van der Waals surface area contributed by atoms with Crippen LogP contribution in [0.4, 0.5) is 0 Å². The molecule has 9 heteroatoms. The second-order valence-electron chi connectivity index (χ2n) is 7.16. The molecule has 0 unspecified atom stereocenters. The van der Waals surface area contributed by atoms with Gasteiger partial charge < -0.3 is 10.1 Å². The Morgan fingerprint density at radius 2 is 2.07 bits per heavy atom. The van der Waals surface area contributed by atoms with E-state index in [1.165, 1.54) is 0 Å². The highest BCUT2D eigenvalue weighted by Gasteiger charge is 2.18. The van der Waals surface area contributed by atoms with Crippen molar-refractivity contribution in [1.29, 1.82) is 0 Å². The minimum atomic E-state index is -0.352. The molecule has 30 heavy (non-hydrogen) atoms. The van der Waals surface area contributed by atoms with Crippen LogP contribution in [-0.4, -0.2) is 42.4 Å². The van der Waals surface area contributed by atoms with Crippen LogP contribution in [0, 0.1) is 13.8 Å². The van der Waals surface area contributed by atoms with Gasteiger partial charge >= 0.3 is 0 Å². The van der Waals surface area contributed by atoms with Crippen LogP contribution in [0.15, 0.2) is 42.7 Å². The second-order valence-corrected chi connectivity index (χ2v) is 7.16. The van der Waals surface area contributed by atoms with E-state index in [2.05, 4.69) is 25.5 Å². The average molecular weight is 405 g/mol. The van der Waals surface area contributed by atoms with Crippen LogP contribution in [0.2, 0.25) is 0 Å². The number of ether oxygens (including phenoxy) is 1. The molecule has 0 radical (unpaired) electrons. The summed E-state index contributed by atoms with van der Waals surface area (Å²) in [5.41, 5.74) is 3.62. The molecule has 0 fully saturated rings. The van der Waals surface area contributed by atoms with Gasteiger partial charge in [-0.3, -0.25) is 9.48 Å². The summed E-state index contributed by atoms with van der Waals surface area (Å²) in [5.74, 6) is 0.922. The van der Waals surface area contributed by atoms with E-state index in [-0.39, 0.29) is 17.8 Å². The maximum atomic E-state index is 12.7. The lowest BCUT2D eigenvalue weighted by Crippen LogP contribution is -2.27. The highest BCUT2D eigenvalue weighted by Crippen LogP contribution is 2.24. The molecular weight excluding hydrogens is 382 g/mol. The van der Waals surface area contributed by atoms with Gasteiger partial charge in [0, 0.05) is 29.3 Å². The molecule has 0 bridgehead atoms. The molecule has 0 spiro atoms. The first-order valence-electron chi connectivity index (χ1n) is 9.60. The van der Waals surface area contributed by atoms with Crippen LogP contribution in [0.3, 0.4) is 0 Å². The Kier molecular flexibility index (Phi) is 5.18. The van der Waals surface area contributed by atoms with Crippen molar-refractivity contribution in [2.75, 3.05) is 7.11 Å². The number of fused-ring (bicyclic) bond motifs is 1. The van der Waals surface area contributed by atoms with Crippen molar-refractivity contribution >= 4 is 11.7 Å². The zero-order chi connectivity index (χ0) is 21.3. The third-order valence-corrected chi connectivity index (χ3v) is 4.86. The van der Waals surface area contributed by atoms with Gasteiger partial charge in [0.2, 0.25) is 5.82 Å². The van der Waals surface area contributed by atoms with Gasteiger partial charge in [-0.2, -0.15) is 10.1 Å². The number of benzene rings is 1. The van der Waals surface area contributed by atoms with Gasteiger partial charge in [-0.25, -0.2) is 9.50 Å². The fourth-order valence-corrected chi connectivity index (χ4v) is 3.37. The molecule has 3 heterocycles. The summed E-state index contributed by atoms with van der Waals surface area (Å²) >= 11 is 0. The molecule has 9 nitrogen and oxygen atoms in total. The SMILES string of the molecule is COc1ccc([C@@H](C)NC(=O)c2nc3nc(C)cc(C)n3n2)cc1Cn1cccn1. The fourth-order valence-electron chi connectivity index (χ4n) is 3.37. The number of hydrogen-bond donors (Lipinski definition) is 1. The molecule has 1 N–H and O–H groups in total. The first-order valence-corrected chi connectivity index (χ1v) is 9.60. The minimum absolute atomic E-state index is 0.0910. The third-order valence-electron chi connectivity index (χ3n) is 4.86. The summed E-state index contributed by atoms with van der Waals surface area (Å²) in [6.45, 7) is 6.27. The molecule has 1 aromatic carbocycles. The van der Waals surface area contributed by atoms with E-state index in [1.54, 1.807) is 17.8 Å². The van der Waals surface area contributed by atoms with E-state index in [1.807, 2.05) is 62.0 Å². The fraction of sp³-hybridized carbons (Fsp3) is 0.286. The van der Waals surface area contributed by atoms with Gasteiger partial charge in [-0.1, -0.05) is 6.07 Å². The number of carbonyl (C=O) groups excluding carboxylic acids is 1. The Balaban J connectivity index is 1.55. The number of rotatable bonds is 6. The molecule has 0 aliphatic rings. The van der Waals surface area contributed by atoms with Crippen molar-refractivity contribution < 1.29 is 9.53 Å². The van der Waals surface area contributed by atoms with Crippen LogP contribution < -0.4 is 10.1 Å². The van der Waals surface area contributed by atoms with Crippen molar-refractivity contribution in [2.24, 2.45) is 0 Å². The zero-order valence-electron chi connectivity index (χ0n) is 17.3. The Bertz CT molecular complexity index is 1200. The Hall–Kier alpha value is -3.75. The van der Waals surface area contributed by atoms with Gasteiger partial charge in [0.15, 0.2) is 0 Å². The molecule has 1 amide bonds. The summed E-state index contributed by atoms with van der Waals surface area (Å²) in [4.78, 5) is 21.3. The largest absolute Gasteiger partial charge is 0.496 e. The number of hydrogen-bond acceptors (Lipinski definition) is 6. The number of amides is 1. The van der Waals surface area contributed by atoms with E-state index < -0.39 is 0 Å². The van der Waals surface area contributed by atoms with Gasteiger partial charge in [0.1, 0.15) is 5.75 Å². The Labute approximate surface area is 173 Å². The van der Waals surface area contributed by atoms with Crippen LogP contribution >= 0.6 is 0 Å². The first-order chi connectivity index (χ1) is 14.4. The third kappa shape index (κ3) is 3.86. The lowest BCUT2D eigenvalue weighted by Gasteiger charge is -2.16. The monoisotopic (exact) mass is 405 g/mol. The molecule has 1 atom stereocenters. The average Bonchev–Trinajstić information content (AvgIpc) is 3.37. The van der Waals surface area contributed by atoms with Crippen molar-refractivity contribution in [1.82, 2.24) is 34.7 Å². The van der Waals surface area contributed by atoms with Crippen LogP contribution in [-0.2, 0) is 6.54 Å². The maximum Gasteiger partial charge on any atom is 0.291 e. The van der Waals surface area contributed by atoms with E-state index in [4.69, 9.17) is 4.74 Å². The summed E-state index contributed by atoms with van der Waals surface area (Å²) in [7, 11) is 1.64. The van der Waals surface area contributed by atoms with E-state index >= 15 is 0 Å². The maximum absolute atomic E-state index is 12.7. The molecular formula is C21H23N7O2. The number of methoxy groups -OCH3 is 1. The second kappa shape index (κ2) is 7.94. The molecule has 0 aliphatic carbocycles. The first kappa shape index (κ1) is 19.6. The molecule has 4 rings (SSSR count). The van der Waals surface area contributed by atoms with Crippen LogP contribution in [0.5, 0.6) is 5.75 Å². The number of aromatic nitrogens is 6. The summed E-state index contributed by atoms with van der Waals surface area (Å²) < 4.78 is 8.87. The quantitative estimate of drug-likeness (QED) is 0.529. The molecule has 154 valence electrons. The predicted molar refractivity (Wildman–Crippen MR) is 110 cm³/mol. The minimum Gasteiger partial charge on any atom is -0.496 e. The lowest BCUT2D eigenvalue weighted by atomic mass is 10.0. The molecule has 3 aromatic heterocycles. The molecule has 0 saturated heterocycles. The molecule has 0 saturated carbocycles. The summed E-state index contributed by atoms with van der Waals surface area (Å²) in [5, 5.41) is 11.5. The Morgan fingerprint density at radius 1 is 1.23 bits per heavy atom. The molecule has 0 aliphatic heterocycles. The smallest absolute Gasteiger partial charge is 0.291 e. The van der Waals surface area contributed by atoms with E-state index in [0.717, 1.165) is 28.3 Å². The van der Waals surface area contributed by atoms with Gasteiger partial charge in [-0.15, -0.1) is 5.10 Å². The van der Waals surface area contributed by atoms with Gasteiger partial charge in [0.25, 0.3) is 11.7 Å². The summed E-state index contributed by atoms with van der Waals surface area (Å²) in [6.07, 6.45) is 3.63. The lowest BCUT2D eigenvalue weighted by molar-refractivity contribution is 0.0929. The Morgan fingerprint density at radius 3 is 2.80 bits per heavy atom. The molecule has 4 aromatic rings. The number of carbonyl (C=O) groups is 1. The van der Waals surface area contributed by atoms with E-state index in [9.17, 15) is 4.79 Å². The normalized spacial score (nSPS) is 12.1. The summed E-state index contributed by atoms with van der Waals surface area (Å²) in [6, 6.07) is 9.36. The highest BCUT2D eigenvalue weighted by atomic mass is 16.5. The van der Waals surface area contributed by atoms with Crippen molar-refractivity contribution in [2.45, 2.75) is 33.4 Å². The number of nitrogens with one attached hydrogen (secondary N) is 1. The van der Waals surface area contributed by atoms with E-state index in [0.29, 0.717) is 12.3 Å². The number of aryl methyl sites for hydroxylation is 2. The van der Waals surface area contributed by atoms with Gasteiger partial charge in [0.05, 0.1) is 19.7 Å². The standard InChI is InChI=1S/C21H23N7O2/c1-13-10-14(2)28-21(23-13)25-19(26-28)20(29)24-15(3)16-6-7-18(30-4)17(11-16)12-27-9-5-8-22-27/h5-11,15H,12H2,1-4H3,(H,24,29)/t15-/m1/s1. The van der Waals surface area contributed by atoms with Gasteiger partial charge in [-0.05, 0) is 50.6 Å². The predicted octanol–water partition coefficient (Wildman–Crippen LogP) is 2.49. The zero-order valence-corrected chi connectivity index (χ0v) is 17.3. The van der Waals surface area contributed by atoms with Crippen molar-refractivity contribution in [3.05, 3.63) is 71.1 Å². The van der Waals surface area contributed by atoms with Crippen molar-refractivity contribution in [3.8, 4) is 5.75 Å². The van der Waals surface area contributed by atoms with Crippen LogP contribution in [0.1, 0.15) is 46.1 Å². The highest BCUT2D eigenvalue weighted by molar-refractivity contribution is 5.91.